The van der Waals surface area contributed by atoms with Gasteiger partial charge in [0.1, 0.15) is 18.1 Å². The van der Waals surface area contributed by atoms with Gasteiger partial charge in [-0.15, -0.1) is 11.3 Å². The Balaban J connectivity index is 0.000000476. The molecule has 0 radical (unpaired) electrons. The number of amides is 4. The van der Waals surface area contributed by atoms with Crippen molar-refractivity contribution in [3.05, 3.63) is 136 Å². The number of hydrogen-bond acceptors (Lipinski definition) is 17. The van der Waals surface area contributed by atoms with Crippen LogP contribution in [-0.4, -0.2) is 194 Å². The number of piperazine rings is 1. The molecule has 1 atom stereocenters. The van der Waals surface area contributed by atoms with Crippen LogP contribution >= 0.6 is 34.5 Å². The minimum Gasteiger partial charge on any atom is -0.494 e. The third kappa shape index (κ3) is 29.6. The second-order valence-electron chi connectivity index (χ2n) is 20.2. The van der Waals surface area contributed by atoms with Gasteiger partial charge in [-0.2, -0.15) is 5.10 Å². The normalized spacial score (nSPS) is 13.8. The van der Waals surface area contributed by atoms with Crippen LogP contribution in [-0.2, 0) is 46.2 Å². The lowest BCUT2D eigenvalue weighted by molar-refractivity contribution is -0.134. The number of allylic oxidation sites excluding steroid dienone is 2. The molecule has 0 spiro atoms. The van der Waals surface area contributed by atoms with Gasteiger partial charge in [-0.3, -0.25) is 24.2 Å². The molecule has 470 valence electrons. The molecule has 1 aliphatic heterocycles. The predicted octanol–water partition coefficient (Wildman–Crippen LogP) is 8.77. The van der Waals surface area contributed by atoms with Crippen molar-refractivity contribution in [1.29, 1.82) is 0 Å². The Morgan fingerprint density at radius 2 is 1.53 bits per heavy atom. The number of hydrazone groups is 1. The van der Waals surface area contributed by atoms with Crippen molar-refractivity contribution in [2.24, 2.45) is 15.9 Å². The third-order valence-corrected chi connectivity index (χ3v) is 15.2. The second-order valence-corrected chi connectivity index (χ2v) is 21.9. The third-order valence-electron chi connectivity index (χ3n) is 13.6. The van der Waals surface area contributed by atoms with Crippen molar-refractivity contribution in [2.75, 3.05) is 137 Å². The maximum atomic E-state index is 13.3. The molecule has 4 aromatic rings. The van der Waals surface area contributed by atoms with Crippen LogP contribution in [0.1, 0.15) is 68.3 Å². The number of likely N-dealkylation sites (N-methyl/N-ethyl adjacent to an activating group) is 2. The highest BCUT2D eigenvalue weighted by atomic mass is 35.5. The minimum absolute atomic E-state index is 0.0562. The van der Waals surface area contributed by atoms with Gasteiger partial charge in [0.05, 0.1) is 86.7 Å². The highest BCUT2D eigenvalue weighted by molar-refractivity contribution is 7.13. The Bertz CT molecular complexity index is 2700. The molecule has 0 bridgehead atoms. The van der Waals surface area contributed by atoms with Crippen molar-refractivity contribution in [2.45, 2.75) is 70.4 Å². The maximum absolute atomic E-state index is 13.3. The van der Waals surface area contributed by atoms with E-state index in [-0.39, 0.29) is 17.9 Å². The number of aliphatic imine (C=N–C) groups is 1. The van der Waals surface area contributed by atoms with Crippen molar-refractivity contribution in [3.63, 3.8) is 0 Å². The summed E-state index contributed by atoms with van der Waals surface area (Å²) in [7, 11) is 6.02. The Morgan fingerprint density at radius 1 is 0.849 bits per heavy atom. The molecule has 23 heteroatoms. The summed E-state index contributed by atoms with van der Waals surface area (Å²) in [5.41, 5.74) is 5.28. The highest BCUT2D eigenvalue weighted by Crippen LogP contribution is 2.37. The number of nitrogens with two attached hydrogens (primary N) is 1. The quantitative estimate of drug-likeness (QED) is 0.00818. The second kappa shape index (κ2) is 43.0. The first-order valence-corrected chi connectivity index (χ1v) is 30.7. The van der Waals surface area contributed by atoms with Crippen LogP contribution in [0.2, 0.25) is 10.0 Å². The van der Waals surface area contributed by atoms with Crippen LogP contribution in [0.4, 0.5) is 10.8 Å². The molecular formula is C63H89Cl2N11O9S. The number of ether oxygens (including phenoxy) is 5. The summed E-state index contributed by atoms with van der Waals surface area (Å²) in [4.78, 5) is 62.7. The van der Waals surface area contributed by atoms with E-state index in [0.29, 0.717) is 138 Å². The fraction of sp³-hybridized carbons (Fsp3) is 0.476. The average molecular weight is 1250 g/mol. The zero-order valence-corrected chi connectivity index (χ0v) is 52.8. The van der Waals surface area contributed by atoms with Crippen LogP contribution in [0.15, 0.2) is 119 Å². The number of nitrogens with one attached hydrogen (secondary N) is 3. The number of carbonyl (C=O) groups is 4. The summed E-state index contributed by atoms with van der Waals surface area (Å²) in [6.45, 7) is 19.6. The molecule has 1 saturated carbocycles. The number of rotatable bonds is 39. The Hall–Kier alpha value is -6.69. The molecule has 1 unspecified atom stereocenters. The van der Waals surface area contributed by atoms with Gasteiger partial charge in [0, 0.05) is 82.5 Å². The smallest absolute Gasteiger partial charge is 0.228 e. The Kier molecular flexibility index (Phi) is 35.9. The van der Waals surface area contributed by atoms with Crippen molar-refractivity contribution >= 4 is 81.9 Å². The molecule has 1 aromatic heterocycles. The molecule has 2 fully saturated rings. The first kappa shape index (κ1) is 71.8. The number of halogens is 2. The van der Waals surface area contributed by atoms with Gasteiger partial charge in [0.2, 0.25) is 24.6 Å². The van der Waals surface area contributed by atoms with Gasteiger partial charge in [-0.1, -0.05) is 72.8 Å². The molecule has 1 aliphatic carbocycles. The van der Waals surface area contributed by atoms with Crippen molar-refractivity contribution in [3.8, 4) is 11.5 Å². The van der Waals surface area contributed by atoms with E-state index in [9.17, 15) is 19.2 Å². The van der Waals surface area contributed by atoms with Gasteiger partial charge in [-0.25, -0.2) is 4.98 Å². The van der Waals surface area contributed by atoms with Gasteiger partial charge < -0.3 is 65.1 Å². The zero-order valence-electron chi connectivity index (χ0n) is 50.5. The molecule has 2 heterocycles. The molecule has 4 amide bonds. The number of aryl methyl sites for hydroxylation is 1. The monoisotopic (exact) mass is 1250 g/mol. The molecule has 3 aromatic carbocycles. The number of nitrogens with zero attached hydrogens (tertiary/aromatic N) is 7. The zero-order chi connectivity index (χ0) is 62.2. The summed E-state index contributed by atoms with van der Waals surface area (Å²) in [6, 6.07) is 21.0. The first-order chi connectivity index (χ1) is 41.8. The molecular weight excluding hydrogens is 1160 g/mol. The molecule has 20 nitrogen and oxygen atoms in total. The topological polar surface area (TPSA) is 227 Å². The molecule has 5 N–H and O–H groups in total. The number of benzene rings is 3. The molecule has 6 rings (SSSR count). The number of carbonyl (C=O) groups excluding carboxylic acids is 4. The summed E-state index contributed by atoms with van der Waals surface area (Å²) in [5, 5.41) is 15.7. The van der Waals surface area contributed by atoms with E-state index in [0.717, 1.165) is 98.2 Å². The van der Waals surface area contributed by atoms with Crippen LogP contribution in [0.3, 0.4) is 0 Å². The van der Waals surface area contributed by atoms with Crippen molar-refractivity contribution in [1.82, 2.24) is 29.9 Å². The fourth-order valence-corrected chi connectivity index (χ4v) is 9.46. The van der Waals surface area contributed by atoms with E-state index in [1.165, 1.54) is 11.3 Å². The summed E-state index contributed by atoms with van der Waals surface area (Å²) in [6.07, 6.45) is 14.2. The van der Waals surface area contributed by atoms with Gasteiger partial charge in [0.15, 0.2) is 5.13 Å². The number of aromatic nitrogens is 1. The van der Waals surface area contributed by atoms with Gasteiger partial charge in [-0.05, 0) is 125 Å². The standard InChI is InChI=1S/C44H60Cl2N6O7.C11H18N4OS.C8H11NO/c1-34(36-8-17-42(45)43(46)31-36)52(39-11-12-39)44(54)18-7-35-5-13-40(14-6-35)58-23-4-3-21-51(2)22-26-57-28-27-55-24-19-38(50-47)32-48-20-25-56-29-30-59-41-15-9-37(10-16-41)49-33-53;1-12-11-13-9(8-17-11)7-10(16)15-5-3-14(2)4-6-15;1-3-5-8(4-2)6-9-7-10/h5-6,8-10,13-17,31-34,39H,3-4,7,11-12,18-30,47H2,1-2H3,(H,49,53);8H,3-7H2,1-2H3,(H,12,13);3-5,7H,1-2,6H2,(H,9,10)/b48-32?,50-38-;;8-5+. The van der Waals surface area contributed by atoms with E-state index in [1.54, 1.807) is 54.8 Å². The van der Waals surface area contributed by atoms with Crippen LogP contribution < -0.4 is 31.3 Å². The highest BCUT2D eigenvalue weighted by Gasteiger charge is 2.36. The number of anilines is 2. The lowest BCUT2D eigenvalue weighted by atomic mass is 10.0. The van der Waals surface area contributed by atoms with Gasteiger partial charge in [0.25, 0.3) is 0 Å². The van der Waals surface area contributed by atoms with Crippen LogP contribution in [0, 0.1) is 0 Å². The van der Waals surface area contributed by atoms with Crippen molar-refractivity contribution < 1.29 is 42.9 Å². The predicted molar refractivity (Wildman–Crippen MR) is 347 cm³/mol. The van der Waals surface area contributed by atoms with Gasteiger partial charge >= 0.3 is 0 Å². The fourth-order valence-electron chi connectivity index (χ4n) is 8.48. The van der Waals surface area contributed by atoms with E-state index in [2.05, 4.69) is 75.0 Å². The largest absolute Gasteiger partial charge is 0.494 e. The first-order valence-electron chi connectivity index (χ1n) is 29.1. The number of thiazole rings is 1. The Labute approximate surface area is 522 Å². The SMILES string of the molecule is C=C/C=C(\C=C)CNC=O.CC(c1ccc(Cl)c(Cl)c1)N(C(=O)CCc1ccc(OCCCCN(C)CCOCCOCC/C(C=NCCOCCOc2ccc(NC=O)cc2)=N/N)cc1)C1CC1.CNc1nc(CC(=O)N2CCN(C)CC2)cs1. The van der Waals surface area contributed by atoms with E-state index >= 15 is 0 Å². The number of hydrogen-bond donors (Lipinski definition) is 4. The molecule has 1 saturated heterocycles. The van der Waals surface area contributed by atoms with Crippen LogP contribution in [0.5, 0.6) is 11.5 Å². The lowest BCUT2D eigenvalue weighted by Gasteiger charge is -2.32. The van der Waals surface area contributed by atoms with Crippen LogP contribution in [0.25, 0.3) is 0 Å². The summed E-state index contributed by atoms with van der Waals surface area (Å²) < 4.78 is 28.6. The molecule has 2 aliphatic rings. The minimum atomic E-state index is -0.0562. The van der Waals surface area contributed by atoms with E-state index in [1.807, 2.05) is 58.6 Å². The Morgan fingerprint density at radius 3 is 2.17 bits per heavy atom. The average Bonchev–Trinajstić information content (AvgIpc) is 4.42. The number of unbranched alkanes of at least 4 members (excludes halogenated alkanes) is 1. The maximum Gasteiger partial charge on any atom is 0.228 e. The lowest BCUT2D eigenvalue weighted by Crippen LogP contribution is -2.47. The molecule has 86 heavy (non-hydrogen) atoms. The summed E-state index contributed by atoms with van der Waals surface area (Å²) in [5.74, 6) is 7.39. The van der Waals surface area contributed by atoms with E-state index in [4.69, 9.17) is 52.7 Å². The summed E-state index contributed by atoms with van der Waals surface area (Å²) >= 11 is 13.9. The van der Waals surface area contributed by atoms with E-state index < -0.39 is 0 Å².